The number of amides is 1. The van der Waals surface area contributed by atoms with Crippen LogP contribution in [0.1, 0.15) is 11.1 Å². The van der Waals surface area contributed by atoms with Crippen molar-refractivity contribution in [3.05, 3.63) is 91.3 Å². The van der Waals surface area contributed by atoms with Crippen LogP contribution < -0.4 is 14.9 Å². The summed E-state index contributed by atoms with van der Waals surface area (Å²) in [5, 5.41) is 3.98. The Morgan fingerprint density at radius 3 is 2.27 bits per heavy atom. The largest absolute Gasteiger partial charge is 0.487 e. The maximum atomic E-state index is 11.8. The van der Waals surface area contributed by atoms with Gasteiger partial charge in [0.25, 0.3) is 5.91 Å². The molecule has 0 bridgehead atoms. The second-order valence-electron chi connectivity index (χ2n) is 6.12. The summed E-state index contributed by atoms with van der Waals surface area (Å²) >= 11 is 10.5. The lowest BCUT2D eigenvalue weighted by Crippen LogP contribution is -2.24. The molecule has 0 saturated heterocycles. The molecule has 3 aromatic rings. The number of benzene rings is 3. The van der Waals surface area contributed by atoms with Gasteiger partial charge in [-0.2, -0.15) is 5.10 Å². The minimum Gasteiger partial charge on any atom is -0.487 e. The van der Waals surface area contributed by atoms with Crippen molar-refractivity contribution >= 4 is 59.9 Å². The molecule has 1 amide bonds. The van der Waals surface area contributed by atoms with Crippen LogP contribution in [0.4, 0.5) is 0 Å². The average molecular weight is 597 g/mol. The van der Waals surface area contributed by atoms with Gasteiger partial charge in [0.2, 0.25) is 0 Å². The quantitative estimate of drug-likeness (QED) is 0.253. The van der Waals surface area contributed by atoms with Crippen molar-refractivity contribution < 1.29 is 14.3 Å². The summed E-state index contributed by atoms with van der Waals surface area (Å²) in [6, 6.07) is 20.8. The molecule has 0 radical (unpaired) electrons. The second-order valence-corrected chi connectivity index (χ2v) is 8.75. The third-order valence-electron chi connectivity index (χ3n) is 3.83. The number of hydrogen-bond acceptors (Lipinski definition) is 4. The molecular formula is C22H17Br3N2O3. The smallest absolute Gasteiger partial charge is 0.277 e. The summed E-state index contributed by atoms with van der Waals surface area (Å²) in [5.74, 6) is 0.973. The lowest BCUT2D eigenvalue weighted by Gasteiger charge is -2.11. The molecule has 0 aromatic heterocycles. The van der Waals surface area contributed by atoms with Crippen molar-refractivity contribution in [3.8, 4) is 11.5 Å². The maximum Gasteiger partial charge on any atom is 0.277 e. The van der Waals surface area contributed by atoms with E-state index in [9.17, 15) is 4.79 Å². The Bertz CT molecular complexity index is 1000. The Labute approximate surface area is 199 Å². The zero-order valence-electron chi connectivity index (χ0n) is 15.6. The van der Waals surface area contributed by atoms with Gasteiger partial charge in [0.05, 0.1) is 15.2 Å². The van der Waals surface area contributed by atoms with Crippen LogP contribution in [0.15, 0.2) is 85.2 Å². The fourth-order valence-corrected chi connectivity index (χ4v) is 4.12. The zero-order chi connectivity index (χ0) is 21.3. The first-order valence-corrected chi connectivity index (χ1v) is 11.3. The van der Waals surface area contributed by atoms with Gasteiger partial charge in [-0.3, -0.25) is 4.79 Å². The van der Waals surface area contributed by atoms with Gasteiger partial charge in [-0.05, 0) is 79.4 Å². The Hall–Kier alpha value is -2.16. The fraction of sp³-hybridized carbons (Fsp3) is 0.0909. The van der Waals surface area contributed by atoms with Crippen LogP contribution in [0, 0.1) is 0 Å². The molecule has 8 heteroatoms. The summed E-state index contributed by atoms with van der Waals surface area (Å²) in [5.41, 5.74) is 4.29. The van der Waals surface area contributed by atoms with Crippen LogP contribution in [-0.2, 0) is 11.4 Å². The molecule has 0 spiro atoms. The number of para-hydroxylation sites is 1. The molecule has 0 unspecified atom stereocenters. The molecular weight excluding hydrogens is 580 g/mol. The average Bonchev–Trinajstić information content (AvgIpc) is 2.74. The normalized spacial score (nSPS) is 10.8. The van der Waals surface area contributed by atoms with Gasteiger partial charge >= 0.3 is 0 Å². The van der Waals surface area contributed by atoms with Gasteiger partial charge in [0.15, 0.2) is 6.61 Å². The number of hydrazone groups is 1. The monoisotopic (exact) mass is 594 g/mol. The van der Waals surface area contributed by atoms with E-state index in [1.54, 1.807) is 18.3 Å². The SMILES string of the molecule is O=C(COc1ccccc1)N/N=C\c1cc(Br)c(OCc2ccc(Br)cc2)c(Br)c1. The van der Waals surface area contributed by atoms with E-state index in [0.29, 0.717) is 18.1 Å². The number of nitrogens with zero attached hydrogens (tertiary/aromatic N) is 1. The number of hydrogen-bond donors (Lipinski definition) is 1. The van der Waals surface area contributed by atoms with E-state index < -0.39 is 0 Å². The third-order valence-corrected chi connectivity index (χ3v) is 5.54. The van der Waals surface area contributed by atoms with Crippen molar-refractivity contribution in [1.29, 1.82) is 0 Å². The van der Waals surface area contributed by atoms with Gasteiger partial charge in [-0.25, -0.2) is 5.43 Å². The maximum absolute atomic E-state index is 11.8. The number of rotatable bonds is 8. The number of carbonyl (C=O) groups is 1. The van der Waals surface area contributed by atoms with Crippen LogP contribution in [0.25, 0.3) is 0 Å². The van der Waals surface area contributed by atoms with Crippen LogP contribution >= 0.6 is 47.8 Å². The molecule has 0 aliphatic heterocycles. The molecule has 3 aromatic carbocycles. The minimum absolute atomic E-state index is 0.114. The van der Waals surface area contributed by atoms with E-state index in [1.807, 2.05) is 54.6 Å². The number of halogens is 3. The summed E-state index contributed by atoms with van der Waals surface area (Å²) in [6.45, 7) is 0.326. The van der Waals surface area contributed by atoms with Crippen molar-refractivity contribution in [2.24, 2.45) is 5.10 Å². The summed E-state index contributed by atoms with van der Waals surface area (Å²) < 4.78 is 13.9. The Kier molecular flexibility index (Phi) is 8.48. The fourth-order valence-electron chi connectivity index (χ4n) is 2.40. The van der Waals surface area contributed by atoms with Gasteiger partial charge in [0, 0.05) is 4.47 Å². The Balaban J connectivity index is 1.53. The topological polar surface area (TPSA) is 59.9 Å². The summed E-state index contributed by atoms with van der Waals surface area (Å²) in [4.78, 5) is 11.8. The molecule has 0 fully saturated rings. The molecule has 154 valence electrons. The molecule has 30 heavy (non-hydrogen) atoms. The number of carbonyl (C=O) groups excluding carboxylic acids is 1. The Morgan fingerprint density at radius 2 is 1.60 bits per heavy atom. The van der Waals surface area contributed by atoms with Crippen LogP contribution in [0.3, 0.4) is 0 Å². The first kappa shape index (κ1) is 22.5. The van der Waals surface area contributed by atoms with E-state index >= 15 is 0 Å². The summed E-state index contributed by atoms with van der Waals surface area (Å²) in [6.07, 6.45) is 1.55. The molecule has 5 nitrogen and oxygen atoms in total. The van der Waals surface area contributed by atoms with Gasteiger partial charge in [-0.15, -0.1) is 0 Å². The van der Waals surface area contributed by atoms with Crippen molar-refractivity contribution in [2.75, 3.05) is 6.61 Å². The highest BCUT2D eigenvalue weighted by atomic mass is 79.9. The number of nitrogens with one attached hydrogen (secondary N) is 1. The molecule has 0 heterocycles. The molecule has 1 N–H and O–H groups in total. The molecule has 0 aliphatic carbocycles. The lowest BCUT2D eigenvalue weighted by molar-refractivity contribution is -0.123. The summed E-state index contributed by atoms with van der Waals surface area (Å²) in [7, 11) is 0. The third kappa shape index (κ3) is 6.97. The standard InChI is InChI=1S/C22H17Br3N2O3/c23-17-8-6-15(7-9-17)13-30-22-19(24)10-16(11-20(22)25)12-26-27-21(28)14-29-18-4-2-1-3-5-18/h1-12H,13-14H2,(H,27,28)/b26-12-. The molecule has 0 atom stereocenters. The first-order chi connectivity index (χ1) is 14.5. The second kappa shape index (κ2) is 11.3. The van der Waals surface area contributed by atoms with Crippen LogP contribution in [0.2, 0.25) is 0 Å². The van der Waals surface area contributed by atoms with Crippen molar-refractivity contribution in [1.82, 2.24) is 5.43 Å². The molecule has 3 rings (SSSR count). The van der Waals surface area contributed by atoms with Gasteiger partial charge in [-0.1, -0.05) is 46.3 Å². The van der Waals surface area contributed by atoms with Crippen LogP contribution in [-0.4, -0.2) is 18.7 Å². The van der Waals surface area contributed by atoms with E-state index in [0.717, 1.165) is 24.5 Å². The van der Waals surface area contributed by atoms with E-state index in [-0.39, 0.29) is 12.5 Å². The number of ether oxygens (including phenoxy) is 2. The van der Waals surface area contributed by atoms with Crippen LogP contribution in [0.5, 0.6) is 11.5 Å². The van der Waals surface area contributed by atoms with E-state index in [4.69, 9.17) is 9.47 Å². The van der Waals surface area contributed by atoms with Crippen molar-refractivity contribution in [2.45, 2.75) is 6.61 Å². The highest BCUT2D eigenvalue weighted by molar-refractivity contribution is 9.11. The molecule has 0 saturated carbocycles. The first-order valence-electron chi connectivity index (χ1n) is 8.87. The van der Waals surface area contributed by atoms with Crippen molar-refractivity contribution in [3.63, 3.8) is 0 Å². The van der Waals surface area contributed by atoms with Gasteiger partial charge in [0.1, 0.15) is 18.1 Å². The predicted molar refractivity (Wildman–Crippen MR) is 128 cm³/mol. The Morgan fingerprint density at radius 1 is 0.933 bits per heavy atom. The lowest BCUT2D eigenvalue weighted by atomic mass is 10.2. The highest BCUT2D eigenvalue weighted by Gasteiger charge is 2.09. The highest BCUT2D eigenvalue weighted by Crippen LogP contribution is 2.35. The van der Waals surface area contributed by atoms with E-state index in [1.165, 1.54) is 0 Å². The predicted octanol–water partition coefficient (Wildman–Crippen LogP) is 6.08. The van der Waals surface area contributed by atoms with E-state index in [2.05, 4.69) is 58.3 Å². The minimum atomic E-state index is -0.345. The van der Waals surface area contributed by atoms with Gasteiger partial charge < -0.3 is 9.47 Å². The zero-order valence-corrected chi connectivity index (χ0v) is 20.4. The molecule has 0 aliphatic rings.